The summed E-state index contributed by atoms with van der Waals surface area (Å²) in [7, 11) is 0. The molecule has 0 aliphatic rings. The molecule has 0 aliphatic heterocycles. The summed E-state index contributed by atoms with van der Waals surface area (Å²) in [5.41, 5.74) is 8.12. The molecule has 0 saturated carbocycles. The fourth-order valence-corrected chi connectivity index (χ4v) is 6.93. The number of rotatable bonds is 7. The van der Waals surface area contributed by atoms with Crippen molar-refractivity contribution in [1.29, 1.82) is 0 Å². The Morgan fingerprint density at radius 3 is 1.90 bits per heavy atom. The highest BCUT2D eigenvalue weighted by Crippen LogP contribution is 2.50. The second-order valence-electron chi connectivity index (χ2n) is 7.43. The van der Waals surface area contributed by atoms with E-state index in [0.29, 0.717) is 0 Å². The zero-order valence-electron chi connectivity index (χ0n) is 16.6. The van der Waals surface area contributed by atoms with Gasteiger partial charge in [0.2, 0.25) is 0 Å². The molecular formula is C27H23Br2P. The van der Waals surface area contributed by atoms with Gasteiger partial charge in [-0.1, -0.05) is 122 Å². The Kier molecular flexibility index (Phi) is 7.55. The molecule has 0 bridgehead atoms. The van der Waals surface area contributed by atoms with E-state index in [1.54, 1.807) is 0 Å². The molecule has 1 unspecified atom stereocenters. The summed E-state index contributed by atoms with van der Waals surface area (Å²) in [6.45, 7) is -0.269. The third-order valence-corrected chi connectivity index (χ3v) is 8.57. The second-order valence-corrected chi connectivity index (χ2v) is 12.9. The third-order valence-electron chi connectivity index (χ3n) is 5.12. The molecule has 0 amide bonds. The van der Waals surface area contributed by atoms with Crippen LogP contribution in [-0.4, -0.2) is 0 Å². The Labute approximate surface area is 197 Å². The van der Waals surface area contributed by atoms with E-state index in [1.807, 2.05) is 0 Å². The highest BCUT2D eigenvalue weighted by atomic mass is 79.9. The van der Waals surface area contributed by atoms with Crippen molar-refractivity contribution in [3.8, 4) is 11.1 Å². The van der Waals surface area contributed by atoms with E-state index in [2.05, 4.69) is 135 Å². The van der Waals surface area contributed by atoms with Gasteiger partial charge >= 0.3 is 0 Å². The van der Waals surface area contributed by atoms with Crippen LogP contribution >= 0.6 is 38.0 Å². The Hall–Kier alpha value is -1.73. The van der Waals surface area contributed by atoms with Crippen LogP contribution < -0.4 is 0 Å². The predicted octanol–water partition coefficient (Wildman–Crippen LogP) is 9.20. The van der Waals surface area contributed by atoms with E-state index >= 15 is 0 Å². The van der Waals surface area contributed by atoms with Crippen molar-refractivity contribution in [3.63, 3.8) is 0 Å². The van der Waals surface area contributed by atoms with Crippen LogP contribution in [0.15, 0.2) is 108 Å². The quantitative estimate of drug-likeness (QED) is 0.206. The van der Waals surface area contributed by atoms with Gasteiger partial charge in [0, 0.05) is 16.8 Å². The normalized spacial score (nSPS) is 11.9. The average molecular weight is 538 g/mol. The Balaban J connectivity index is 1.59. The SMILES string of the molecule is Brc1ccc(Cc2ccc(CP(Br)Cc3ccccc3)cc2-c2ccccc2)cc1. The van der Waals surface area contributed by atoms with Gasteiger partial charge in [0.15, 0.2) is 0 Å². The van der Waals surface area contributed by atoms with Crippen molar-refractivity contribution < 1.29 is 0 Å². The van der Waals surface area contributed by atoms with Crippen LogP contribution in [0.4, 0.5) is 0 Å². The van der Waals surface area contributed by atoms with E-state index in [4.69, 9.17) is 0 Å². The first kappa shape index (κ1) is 21.5. The highest BCUT2D eigenvalue weighted by molar-refractivity contribution is 9.39. The molecule has 0 aromatic heterocycles. The maximum absolute atomic E-state index is 3.97. The lowest BCUT2D eigenvalue weighted by Crippen LogP contribution is -1.95. The minimum absolute atomic E-state index is 0.269. The summed E-state index contributed by atoms with van der Waals surface area (Å²) in [6, 6.07) is 37.2. The van der Waals surface area contributed by atoms with Crippen LogP contribution in [0.5, 0.6) is 0 Å². The van der Waals surface area contributed by atoms with Gasteiger partial charge in [-0.15, -0.1) is 0 Å². The molecule has 4 aromatic rings. The van der Waals surface area contributed by atoms with Gasteiger partial charge in [-0.2, -0.15) is 0 Å². The van der Waals surface area contributed by atoms with Crippen molar-refractivity contribution in [2.75, 3.05) is 0 Å². The van der Waals surface area contributed by atoms with E-state index in [1.165, 1.54) is 33.4 Å². The molecule has 0 nitrogen and oxygen atoms in total. The zero-order chi connectivity index (χ0) is 20.8. The highest BCUT2D eigenvalue weighted by Gasteiger charge is 2.11. The maximum Gasteiger partial charge on any atom is 0.0175 e. The minimum atomic E-state index is -0.269. The maximum atomic E-state index is 3.97. The van der Waals surface area contributed by atoms with E-state index in [0.717, 1.165) is 23.2 Å². The zero-order valence-corrected chi connectivity index (χ0v) is 20.7. The van der Waals surface area contributed by atoms with Crippen LogP contribution in [0, 0.1) is 0 Å². The number of benzene rings is 4. The molecule has 0 aliphatic carbocycles. The molecule has 0 heterocycles. The predicted molar refractivity (Wildman–Crippen MR) is 139 cm³/mol. The van der Waals surface area contributed by atoms with Crippen molar-refractivity contribution in [2.45, 2.75) is 18.7 Å². The lowest BCUT2D eigenvalue weighted by atomic mass is 9.93. The van der Waals surface area contributed by atoms with E-state index in [-0.39, 0.29) is 6.62 Å². The molecule has 0 fully saturated rings. The molecular weight excluding hydrogens is 515 g/mol. The topological polar surface area (TPSA) is 0 Å². The Bertz CT molecular complexity index is 1080. The smallest absolute Gasteiger partial charge is 0.0175 e. The van der Waals surface area contributed by atoms with Gasteiger partial charge in [0.05, 0.1) is 0 Å². The van der Waals surface area contributed by atoms with Gasteiger partial charge in [-0.25, -0.2) is 0 Å². The molecule has 0 saturated heterocycles. The first-order chi connectivity index (χ1) is 14.7. The average Bonchev–Trinajstić information content (AvgIpc) is 2.77. The Morgan fingerprint density at radius 1 is 0.600 bits per heavy atom. The number of hydrogen-bond acceptors (Lipinski definition) is 0. The Morgan fingerprint density at radius 2 is 1.20 bits per heavy atom. The summed E-state index contributed by atoms with van der Waals surface area (Å²) in [4.78, 5) is 0. The van der Waals surface area contributed by atoms with Gasteiger partial charge in [-0.3, -0.25) is 0 Å². The van der Waals surface area contributed by atoms with E-state index in [9.17, 15) is 0 Å². The standard InChI is InChI=1S/C27H23Br2P/c28-26-15-12-21(13-16-26)17-25-14-11-23(18-27(25)24-9-5-2-6-10-24)20-30(29)19-22-7-3-1-4-8-22/h1-16,18H,17,19-20H2. The van der Waals surface area contributed by atoms with Crippen molar-refractivity contribution in [3.05, 3.63) is 130 Å². The lowest BCUT2D eigenvalue weighted by molar-refractivity contribution is 1.18. The fraction of sp³-hybridized carbons (Fsp3) is 0.111. The van der Waals surface area contributed by atoms with Gasteiger partial charge in [0.25, 0.3) is 0 Å². The minimum Gasteiger partial charge on any atom is -0.0622 e. The second kappa shape index (κ2) is 10.5. The van der Waals surface area contributed by atoms with Crippen molar-refractivity contribution in [1.82, 2.24) is 0 Å². The van der Waals surface area contributed by atoms with Crippen LogP contribution in [0.1, 0.15) is 22.3 Å². The summed E-state index contributed by atoms with van der Waals surface area (Å²) < 4.78 is 1.12. The largest absolute Gasteiger partial charge is 0.0622 e. The van der Waals surface area contributed by atoms with Crippen LogP contribution in [-0.2, 0) is 18.7 Å². The van der Waals surface area contributed by atoms with Crippen molar-refractivity contribution in [2.24, 2.45) is 0 Å². The molecule has 3 heteroatoms. The first-order valence-corrected chi connectivity index (χ1v) is 14.6. The number of halogens is 2. The lowest BCUT2D eigenvalue weighted by Gasteiger charge is -2.15. The first-order valence-electron chi connectivity index (χ1n) is 10.0. The van der Waals surface area contributed by atoms with Crippen LogP contribution in [0.25, 0.3) is 11.1 Å². The third kappa shape index (κ3) is 5.91. The van der Waals surface area contributed by atoms with Crippen LogP contribution in [0.3, 0.4) is 0 Å². The van der Waals surface area contributed by atoms with E-state index < -0.39 is 0 Å². The summed E-state index contributed by atoms with van der Waals surface area (Å²) >= 11 is 7.51. The summed E-state index contributed by atoms with van der Waals surface area (Å²) in [5, 5.41) is 0. The van der Waals surface area contributed by atoms with Gasteiger partial charge in [-0.05, 0) is 58.6 Å². The van der Waals surface area contributed by atoms with Gasteiger partial charge < -0.3 is 0 Å². The summed E-state index contributed by atoms with van der Waals surface area (Å²) in [6.07, 6.45) is 3.10. The fourth-order valence-electron chi connectivity index (χ4n) is 3.62. The molecule has 0 spiro atoms. The molecule has 0 N–H and O–H groups in total. The molecule has 0 radical (unpaired) electrons. The van der Waals surface area contributed by atoms with Gasteiger partial charge in [0.1, 0.15) is 0 Å². The molecule has 1 atom stereocenters. The molecule has 4 rings (SSSR count). The monoisotopic (exact) mass is 536 g/mol. The molecule has 30 heavy (non-hydrogen) atoms. The van der Waals surface area contributed by atoms with Crippen molar-refractivity contribution >= 4 is 38.0 Å². The van der Waals surface area contributed by atoms with Crippen LogP contribution in [0.2, 0.25) is 0 Å². The number of hydrogen-bond donors (Lipinski definition) is 0. The summed E-state index contributed by atoms with van der Waals surface area (Å²) in [5.74, 6) is 0. The molecule has 4 aromatic carbocycles. The molecule has 150 valence electrons.